The standard InChI is InChI=1S/C23H30N2O7/c1-13(2)30-10-11-31-22(26)19-15(5)24-16(6)20(23(27)32-14(3)4)21(19)17-8-7-9-18(12-17)25(28)29/h7-9,12-14,21,24H,10-11H2,1-6H3. The van der Waals surface area contributed by atoms with Gasteiger partial charge in [-0.2, -0.15) is 0 Å². The summed E-state index contributed by atoms with van der Waals surface area (Å²) in [5.41, 5.74) is 1.66. The number of dihydropyridines is 1. The van der Waals surface area contributed by atoms with E-state index in [1.54, 1.807) is 33.8 Å². The molecule has 0 saturated carbocycles. The maximum Gasteiger partial charge on any atom is 0.337 e. The number of nitro groups is 1. The number of hydrogen-bond acceptors (Lipinski definition) is 8. The summed E-state index contributed by atoms with van der Waals surface area (Å²) >= 11 is 0. The van der Waals surface area contributed by atoms with Crippen molar-refractivity contribution in [2.75, 3.05) is 13.2 Å². The van der Waals surface area contributed by atoms with Crippen molar-refractivity contribution in [3.63, 3.8) is 0 Å². The molecule has 0 aromatic heterocycles. The molecule has 1 N–H and O–H groups in total. The van der Waals surface area contributed by atoms with E-state index in [9.17, 15) is 19.7 Å². The largest absolute Gasteiger partial charge is 0.460 e. The van der Waals surface area contributed by atoms with Crippen LogP contribution in [0.4, 0.5) is 5.69 Å². The second-order valence-corrected chi connectivity index (χ2v) is 8.00. The molecule has 1 aliphatic heterocycles. The second-order valence-electron chi connectivity index (χ2n) is 8.00. The highest BCUT2D eigenvalue weighted by atomic mass is 16.6. The van der Waals surface area contributed by atoms with Crippen LogP contribution >= 0.6 is 0 Å². The van der Waals surface area contributed by atoms with Gasteiger partial charge in [-0.3, -0.25) is 10.1 Å². The summed E-state index contributed by atoms with van der Waals surface area (Å²) in [6.07, 6.45) is -0.393. The van der Waals surface area contributed by atoms with Gasteiger partial charge in [0.05, 0.1) is 40.8 Å². The summed E-state index contributed by atoms with van der Waals surface area (Å²) in [4.78, 5) is 36.9. The van der Waals surface area contributed by atoms with Gasteiger partial charge in [-0.05, 0) is 47.1 Å². The van der Waals surface area contributed by atoms with Crippen molar-refractivity contribution in [1.29, 1.82) is 0 Å². The first-order valence-corrected chi connectivity index (χ1v) is 10.5. The Labute approximate surface area is 187 Å². The van der Waals surface area contributed by atoms with Crippen LogP contribution in [0.2, 0.25) is 0 Å². The zero-order valence-electron chi connectivity index (χ0n) is 19.3. The molecule has 0 amide bonds. The van der Waals surface area contributed by atoms with Crippen molar-refractivity contribution in [2.45, 2.75) is 59.7 Å². The number of nitrogens with zero attached hydrogens (tertiary/aromatic N) is 1. The smallest absolute Gasteiger partial charge is 0.337 e. The van der Waals surface area contributed by atoms with E-state index in [1.165, 1.54) is 18.2 Å². The fraction of sp³-hybridized carbons (Fsp3) is 0.478. The summed E-state index contributed by atoms with van der Waals surface area (Å²) in [5, 5.41) is 14.4. The van der Waals surface area contributed by atoms with Crippen LogP contribution in [-0.2, 0) is 23.8 Å². The van der Waals surface area contributed by atoms with Gasteiger partial charge in [-0.15, -0.1) is 0 Å². The molecular weight excluding hydrogens is 416 g/mol. The SMILES string of the molecule is CC1=C(C(=O)OCCOC(C)C)C(c2cccc([N+](=O)[O-])c2)C(C(=O)OC(C)C)=C(C)N1. The van der Waals surface area contributed by atoms with Crippen LogP contribution in [0, 0.1) is 10.1 Å². The van der Waals surface area contributed by atoms with Gasteiger partial charge in [-0.1, -0.05) is 12.1 Å². The van der Waals surface area contributed by atoms with Crippen LogP contribution in [0.25, 0.3) is 0 Å². The molecule has 0 saturated heterocycles. The molecule has 32 heavy (non-hydrogen) atoms. The fourth-order valence-electron chi connectivity index (χ4n) is 3.46. The number of nitro benzene ring substituents is 1. The van der Waals surface area contributed by atoms with Crippen molar-refractivity contribution >= 4 is 17.6 Å². The third kappa shape index (κ3) is 6.16. The molecule has 9 heteroatoms. The highest BCUT2D eigenvalue weighted by molar-refractivity contribution is 6.00. The lowest BCUT2D eigenvalue weighted by Crippen LogP contribution is -2.33. The van der Waals surface area contributed by atoms with Gasteiger partial charge in [0, 0.05) is 23.5 Å². The van der Waals surface area contributed by atoms with Crippen molar-refractivity contribution in [3.05, 3.63) is 62.5 Å². The van der Waals surface area contributed by atoms with E-state index in [0.29, 0.717) is 17.0 Å². The van der Waals surface area contributed by atoms with Gasteiger partial charge < -0.3 is 19.5 Å². The van der Waals surface area contributed by atoms with E-state index in [-0.39, 0.29) is 42.3 Å². The third-order valence-electron chi connectivity index (χ3n) is 4.72. The molecule has 0 fully saturated rings. The Hall–Kier alpha value is -3.20. The number of carbonyl (C=O) groups excluding carboxylic acids is 2. The average Bonchev–Trinajstić information content (AvgIpc) is 2.69. The zero-order valence-corrected chi connectivity index (χ0v) is 19.3. The van der Waals surface area contributed by atoms with Crippen LogP contribution in [0.15, 0.2) is 46.8 Å². The van der Waals surface area contributed by atoms with Gasteiger partial charge in [-0.25, -0.2) is 9.59 Å². The fourth-order valence-corrected chi connectivity index (χ4v) is 3.46. The molecule has 174 valence electrons. The van der Waals surface area contributed by atoms with E-state index >= 15 is 0 Å². The minimum atomic E-state index is -0.888. The Balaban J connectivity index is 2.51. The lowest BCUT2D eigenvalue weighted by Gasteiger charge is -2.30. The number of hydrogen-bond donors (Lipinski definition) is 1. The first-order valence-electron chi connectivity index (χ1n) is 10.5. The summed E-state index contributed by atoms with van der Waals surface area (Å²) in [7, 11) is 0. The quantitative estimate of drug-likeness (QED) is 0.264. The van der Waals surface area contributed by atoms with Crippen LogP contribution in [0.5, 0.6) is 0 Å². The zero-order chi connectivity index (χ0) is 24.0. The van der Waals surface area contributed by atoms with Gasteiger partial charge >= 0.3 is 11.9 Å². The Bertz CT molecular complexity index is 947. The first kappa shape index (κ1) is 25.1. The summed E-state index contributed by atoms with van der Waals surface area (Å²) in [6.45, 7) is 10.8. The monoisotopic (exact) mass is 446 g/mol. The summed E-state index contributed by atoms with van der Waals surface area (Å²) in [6, 6.07) is 5.87. The minimum Gasteiger partial charge on any atom is -0.460 e. The number of nitrogens with one attached hydrogen (secondary N) is 1. The number of benzene rings is 1. The molecule has 1 aromatic carbocycles. The van der Waals surface area contributed by atoms with Crippen LogP contribution in [0.3, 0.4) is 0 Å². The Kier molecular flexibility index (Phi) is 8.54. The predicted octanol–water partition coefficient (Wildman–Crippen LogP) is 3.75. The number of non-ortho nitro benzene ring substituents is 1. The average molecular weight is 447 g/mol. The molecule has 0 radical (unpaired) electrons. The molecule has 1 unspecified atom stereocenters. The topological polar surface area (TPSA) is 117 Å². The van der Waals surface area contributed by atoms with Crippen molar-refractivity contribution in [3.8, 4) is 0 Å². The van der Waals surface area contributed by atoms with Crippen molar-refractivity contribution < 1.29 is 28.7 Å². The number of ether oxygens (including phenoxy) is 3. The van der Waals surface area contributed by atoms with Crippen LogP contribution in [-0.4, -0.2) is 42.3 Å². The van der Waals surface area contributed by atoms with E-state index in [2.05, 4.69) is 5.32 Å². The molecule has 1 aromatic rings. The summed E-state index contributed by atoms with van der Waals surface area (Å²) in [5.74, 6) is -2.13. The molecule has 0 bridgehead atoms. The minimum absolute atomic E-state index is 0.00777. The molecule has 0 aliphatic carbocycles. The normalized spacial score (nSPS) is 16.3. The highest BCUT2D eigenvalue weighted by Crippen LogP contribution is 2.40. The predicted molar refractivity (Wildman–Crippen MR) is 118 cm³/mol. The molecule has 9 nitrogen and oxygen atoms in total. The lowest BCUT2D eigenvalue weighted by atomic mass is 9.80. The maximum atomic E-state index is 13.1. The van der Waals surface area contributed by atoms with E-state index < -0.39 is 22.8 Å². The molecule has 1 heterocycles. The number of rotatable bonds is 9. The number of esters is 2. The van der Waals surface area contributed by atoms with Crippen molar-refractivity contribution in [2.24, 2.45) is 0 Å². The van der Waals surface area contributed by atoms with E-state index in [4.69, 9.17) is 14.2 Å². The Morgan fingerprint density at radius 1 is 1.03 bits per heavy atom. The van der Waals surface area contributed by atoms with E-state index in [0.717, 1.165) is 0 Å². The second kappa shape index (κ2) is 10.9. The molecular formula is C23H30N2O7. The lowest BCUT2D eigenvalue weighted by molar-refractivity contribution is -0.384. The Morgan fingerprint density at radius 3 is 2.22 bits per heavy atom. The molecule has 0 spiro atoms. The first-order chi connectivity index (χ1) is 15.0. The van der Waals surface area contributed by atoms with Crippen molar-refractivity contribution in [1.82, 2.24) is 5.32 Å². The van der Waals surface area contributed by atoms with Gasteiger partial charge in [0.1, 0.15) is 6.61 Å². The summed E-state index contributed by atoms with van der Waals surface area (Å²) < 4.78 is 16.2. The van der Waals surface area contributed by atoms with Crippen LogP contribution < -0.4 is 5.32 Å². The Morgan fingerprint density at radius 2 is 1.66 bits per heavy atom. The number of carbonyl (C=O) groups is 2. The van der Waals surface area contributed by atoms with Gasteiger partial charge in [0.25, 0.3) is 5.69 Å². The maximum absolute atomic E-state index is 13.1. The van der Waals surface area contributed by atoms with Crippen LogP contribution in [0.1, 0.15) is 53.0 Å². The molecule has 1 aliphatic rings. The van der Waals surface area contributed by atoms with E-state index in [1.807, 2.05) is 13.8 Å². The molecule has 1 atom stereocenters. The highest BCUT2D eigenvalue weighted by Gasteiger charge is 2.38. The van der Waals surface area contributed by atoms with Gasteiger partial charge in [0.15, 0.2) is 0 Å². The molecule has 2 rings (SSSR count). The number of allylic oxidation sites excluding steroid dienone is 2. The third-order valence-corrected chi connectivity index (χ3v) is 4.72. The van der Waals surface area contributed by atoms with Gasteiger partial charge in [0.2, 0.25) is 0 Å².